The number of hydrogen-bond donors (Lipinski definition) is 2. The number of hydrogen-bond acceptors (Lipinski definition) is 1. The molecule has 0 saturated heterocycles. The monoisotopic (exact) mass is 168 g/mol. The number of carbonyl (C=O) groups excluding carboxylic acids is 1. The summed E-state index contributed by atoms with van der Waals surface area (Å²) < 4.78 is 0. The molecule has 48 valence electrons. The van der Waals surface area contributed by atoms with Gasteiger partial charge in [0, 0.05) is 0 Å². The molecule has 4 N–H and O–H groups in total. The fourth-order valence-corrected chi connectivity index (χ4v) is 0. The van der Waals surface area contributed by atoms with Crippen LogP contribution in [0.15, 0.2) is 0 Å². The molecule has 0 atom stereocenters. The van der Waals surface area contributed by atoms with E-state index in [0.717, 1.165) is 0 Å². The maximum absolute atomic E-state index is 9.00. The van der Waals surface area contributed by atoms with E-state index in [9.17, 15) is 0 Å². The van der Waals surface area contributed by atoms with Crippen molar-refractivity contribution in [1.82, 2.24) is 0 Å². The van der Waals surface area contributed by atoms with Crippen molar-refractivity contribution in [1.29, 1.82) is 0 Å². The van der Waals surface area contributed by atoms with Crippen LogP contribution in [0.2, 0.25) is 0 Å². The Bertz CT molecular complexity index is 35.9. The second-order valence-electron chi connectivity index (χ2n) is 0.402. The molecular formula is CH7Cl3N2O. The minimum absolute atomic E-state index is 0. The van der Waals surface area contributed by atoms with Crippen LogP contribution in [0.4, 0.5) is 4.79 Å². The number of nitrogens with two attached hydrogens (primary N) is 2. The first-order chi connectivity index (χ1) is 1.73. The SMILES string of the molecule is Cl.Cl.Cl.NC(N)=O. The molecule has 0 saturated carbocycles. The number of primary amides is 2. The average Bonchev–Trinajstić information content (AvgIpc) is 0.811. The van der Waals surface area contributed by atoms with Crippen LogP contribution in [0, 0.1) is 0 Å². The maximum atomic E-state index is 9.00. The minimum Gasteiger partial charge on any atom is -0.352 e. The van der Waals surface area contributed by atoms with Crippen molar-refractivity contribution < 1.29 is 4.79 Å². The molecule has 0 aliphatic heterocycles. The van der Waals surface area contributed by atoms with Gasteiger partial charge < -0.3 is 11.5 Å². The number of rotatable bonds is 0. The molecule has 2 amide bonds. The molecule has 0 unspecified atom stereocenters. The lowest BCUT2D eigenvalue weighted by molar-refractivity contribution is 0.256. The van der Waals surface area contributed by atoms with Gasteiger partial charge in [0.1, 0.15) is 0 Å². The predicted octanol–water partition coefficient (Wildman–Crippen LogP) is 0.289. The van der Waals surface area contributed by atoms with Crippen LogP contribution in [-0.2, 0) is 0 Å². The minimum atomic E-state index is -0.833. The van der Waals surface area contributed by atoms with Crippen molar-refractivity contribution in [2.75, 3.05) is 0 Å². The van der Waals surface area contributed by atoms with Crippen molar-refractivity contribution >= 4 is 43.3 Å². The Morgan fingerprint density at radius 2 is 1.00 bits per heavy atom. The summed E-state index contributed by atoms with van der Waals surface area (Å²) in [6.45, 7) is 0. The lowest BCUT2D eigenvalue weighted by Gasteiger charge is -1.62. The largest absolute Gasteiger partial charge is 0.352 e. The molecule has 0 aliphatic carbocycles. The topological polar surface area (TPSA) is 69.1 Å². The summed E-state index contributed by atoms with van der Waals surface area (Å²) in [5, 5.41) is 0. The molecule has 0 fully saturated rings. The van der Waals surface area contributed by atoms with E-state index in [1.54, 1.807) is 0 Å². The molecule has 0 aromatic carbocycles. The lowest BCUT2D eigenvalue weighted by atomic mass is 11.2. The number of amides is 2. The zero-order valence-corrected chi connectivity index (χ0v) is 5.74. The van der Waals surface area contributed by atoms with Crippen LogP contribution in [-0.4, -0.2) is 6.03 Å². The zero-order chi connectivity index (χ0) is 3.58. The van der Waals surface area contributed by atoms with E-state index in [4.69, 9.17) is 4.79 Å². The van der Waals surface area contributed by atoms with Crippen molar-refractivity contribution in [3.63, 3.8) is 0 Å². The van der Waals surface area contributed by atoms with Crippen LogP contribution in [0.3, 0.4) is 0 Å². The van der Waals surface area contributed by atoms with Gasteiger partial charge in [-0.05, 0) is 0 Å². The van der Waals surface area contributed by atoms with Gasteiger partial charge in [0.15, 0.2) is 0 Å². The Kier molecular flexibility index (Phi) is 64.2. The predicted molar refractivity (Wildman–Crippen MR) is 35.5 cm³/mol. The summed E-state index contributed by atoms with van der Waals surface area (Å²) in [7, 11) is 0. The molecule has 0 aliphatic rings. The smallest absolute Gasteiger partial charge is 0.309 e. The molecule has 6 heteroatoms. The Morgan fingerprint density at radius 3 is 1.00 bits per heavy atom. The Hall–Kier alpha value is 0.140. The molecule has 7 heavy (non-hydrogen) atoms. The summed E-state index contributed by atoms with van der Waals surface area (Å²) in [6.07, 6.45) is 0. The zero-order valence-electron chi connectivity index (χ0n) is 3.29. The first-order valence-corrected chi connectivity index (χ1v) is 0.781. The fraction of sp³-hybridized carbons (Fsp3) is 0. The quantitative estimate of drug-likeness (QED) is 0.538. The van der Waals surface area contributed by atoms with Gasteiger partial charge in [-0.3, -0.25) is 0 Å². The highest BCUT2D eigenvalue weighted by Gasteiger charge is 1.60. The first-order valence-electron chi connectivity index (χ1n) is 0.781. The van der Waals surface area contributed by atoms with Crippen molar-refractivity contribution in [2.45, 2.75) is 0 Å². The third-order valence-electron chi connectivity index (χ3n) is 0. The van der Waals surface area contributed by atoms with Crippen LogP contribution in [0.5, 0.6) is 0 Å². The van der Waals surface area contributed by atoms with Gasteiger partial charge in [-0.25, -0.2) is 4.79 Å². The normalized spacial score (nSPS) is 3.43. The van der Waals surface area contributed by atoms with Gasteiger partial charge in [-0.1, -0.05) is 0 Å². The van der Waals surface area contributed by atoms with Gasteiger partial charge in [0.25, 0.3) is 0 Å². The number of carbonyl (C=O) groups is 1. The molecular weight excluding hydrogens is 162 g/mol. The molecule has 0 heterocycles. The lowest BCUT2D eigenvalue weighted by Crippen LogP contribution is -2.18. The highest BCUT2D eigenvalue weighted by Crippen LogP contribution is 1.25. The summed E-state index contributed by atoms with van der Waals surface area (Å²) in [4.78, 5) is 9.00. The highest BCUT2D eigenvalue weighted by atomic mass is 35.5. The fourth-order valence-electron chi connectivity index (χ4n) is 0. The number of halogens is 3. The molecule has 0 aromatic heterocycles. The van der Waals surface area contributed by atoms with Crippen molar-refractivity contribution in [2.24, 2.45) is 11.5 Å². The highest BCUT2D eigenvalue weighted by molar-refractivity contribution is 5.86. The molecule has 0 bridgehead atoms. The second-order valence-corrected chi connectivity index (χ2v) is 0.402. The maximum Gasteiger partial charge on any atom is 0.309 e. The van der Waals surface area contributed by atoms with Gasteiger partial charge >= 0.3 is 6.03 Å². The third-order valence-corrected chi connectivity index (χ3v) is 0. The van der Waals surface area contributed by atoms with Crippen molar-refractivity contribution in [3.8, 4) is 0 Å². The van der Waals surface area contributed by atoms with Crippen LogP contribution in [0.25, 0.3) is 0 Å². The Morgan fingerprint density at radius 1 is 1.00 bits per heavy atom. The third kappa shape index (κ3) is 5370. The molecule has 0 radical (unpaired) electrons. The summed E-state index contributed by atoms with van der Waals surface area (Å²) in [5.74, 6) is 0. The van der Waals surface area contributed by atoms with Gasteiger partial charge in [0.05, 0.1) is 0 Å². The molecule has 0 spiro atoms. The van der Waals surface area contributed by atoms with E-state index in [0.29, 0.717) is 0 Å². The summed E-state index contributed by atoms with van der Waals surface area (Å²) in [5.41, 5.74) is 8.50. The van der Waals surface area contributed by atoms with E-state index < -0.39 is 6.03 Å². The molecule has 3 nitrogen and oxygen atoms in total. The van der Waals surface area contributed by atoms with E-state index in [-0.39, 0.29) is 37.2 Å². The van der Waals surface area contributed by atoms with Crippen LogP contribution in [0.1, 0.15) is 0 Å². The van der Waals surface area contributed by atoms with Gasteiger partial charge in [-0.2, -0.15) is 0 Å². The van der Waals surface area contributed by atoms with Crippen molar-refractivity contribution in [3.05, 3.63) is 0 Å². The molecule has 0 rings (SSSR count). The van der Waals surface area contributed by atoms with E-state index >= 15 is 0 Å². The summed E-state index contributed by atoms with van der Waals surface area (Å²) >= 11 is 0. The number of urea groups is 1. The van der Waals surface area contributed by atoms with Gasteiger partial charge in [0.2, 0.25) is 0 Å². The van der Waals surface area contributed by atoms with Crippen LogP contribution >= 0.6 is 37.2 Å². The standard InChI is InChI=1S/CH4N2O.3ClH/c2-1(3)4;;;/h(H4,2,3,4);3*1H. The van der Waals surface area contributed by atoms with E-state index in [1.807, 2.05) is 0 Å². The molecule has 0 aromatic rings. The average molecular weight is 169 g/mol. The Balaban J connectivity index is -0.0000000150. The van der Waals surface area contributed by atoms with Gasteiger partial charge in [-0.15, -0.1) is 37.2 Å². The van der Waals surface area contributed by atoms with E-state index in [2.05, 4.69) is 11.5 Å². The summed E-state index contributed by atoms with van der Waals surface area (Å²) in [6, 6.07) is -0.833. The first kappa shape index (κ1) is 27.3. The second kappa shape index (κ2) is 16.5. The Labute approximate surface area is 60.0 Å². The van der Waals surface area contributed by atoms with Crippen LogP contribution < -0.4 is 11.5 Å². The van der Waals surface area contributed by atoms with E-state index in [1.165, 1.54) is 0 Å².